The first-order chi connectivity index (χ1) is 37.5. The first-order valence-corrected chi connectivity index (χ1v) is 29.4. The van der Waals surface area contributed by atoms with Crippen LogP contribution in [0.15, 0.2) is 0 Å². The van der Waals surface area contributed by atoms with E-state index in [0.717, 1.165) is 58.0 Å². The highest BCUT2D eigenvalue weighted by atomic mass is 16.8. The van der Waals surface area contributed by atoms with Gasteiger partial charge in [0, 0.05) is 12.3 Å². The lowest BCUT2D eigenvalue weighted by Crippen LogP contribution is -2.69. The summed E-state index contributed by atoms with van der Waals surface area (Å²) in [6.45, 7) is 9.14. The lowest BCUT2D eigenvalue weighted by atomic mass is 9.43. The topological polar surface area (TPSA) is 365 Å². The fourth-order valence-electron chi connectivity index (χ4n) is 17.4. The van der Waals surface area contributed by atoms with E-state index in [4.69, 9.17) is 52.1 Å². The first-order valence-electron chi connectivity index (χ1n) is 29.4. The molecule has 0 amide bonds. The fourth-order valence-corrected chi connectivity index (χ4v) is 17.4. The molecule has 11 fully saturated rings. The Hall–Kier alpha value is -0.960. The van der Waals surface area contributed by atoms with Crippen LogP contribution in [0.4, 0.5) is 0 Å². The van der Waals surface area contributed by atoms with Crippen LogP contribution in [0.1, 0.15) is 98.8 Å². The molecule has 24 heteroatoms. The summed E-state index contributed by atoms with van der Waals surface area (Å²) >= 11 is 0. The molecule has 0 bridgehead atoms. The van der Waals surface area contributed by atoms with Gasteiger partial charge in [0.2, 0.25) is 0 Å². The molecule has 0 aromatic carbocycles. The van der Waals surface area contributed by atoms with Crippen LogP contribution in [-0.4, -0.2) is 252 Å². The van der Waals surface area contributed by atoms with Crippen molar-refractivity contribution in [1.29, 1.82) is 0 Å². The maximum Gasteiger partial charge on any atom is 0.187 e. The second kappa shape index (κ2) is 23.0. The second-order valence-electron chi connectivity index (χ2n) is 26.3. The Morgan fingerprint density at radius 1 is 0.494 bits per heavy atom. The maximum atomic E-state index is 12.8. The van der Waals surface area contributed by atoms with Crippen molar-refractivity contribution in [2.45, 2.75) is 252 Å². The summed E-state index contributed by atoms with van der Waals surface area (Å²) in [7, 11) is 0. The van der Waals surface area contributed by atoms with Gasteiger partial charge in [0.05, 0.1) is 51.3 Å². The Kier molecular flexibility index (Phi) is 17.4. The second-order valence-corrected chi connectivity index (χ2v) is 26.3. The zero-order valence-corrected chi connectivity index (χ0v) is 45.9. The molecule has 7 aliphatic heterocycles. The van der Waals surface area contributed by atoms with Crippen molar-refractivity contribution in [1.82, 2.24) is 0 Å². The summed E-state index contributed by atoms with van der Waals surface area (Å²) in [5.74, 6) is 2.30. The average molecular weight is 1140 g/mol. The molecule has 0 aromatic heterocycles. The van der Waals surface area contributed by atoms with Crippen LogP contribution in [0.25, 0.3) is 0 Å². The number of aliphatic hydroxyl groups is 13. The van der Waals surface area contributed by atoms with Gasteiger partial charge in [0.25, 0.3) is 0 Å². The monoisotopic (exact) mass is 1130 g/mol. The third-order valence-corrected chi connectivity index (χ3v) is 22.0. The van der Waals surface area contributed by atoms with Gasteiger partial charge in [-0.25, -0.2) is 0 Å². The first kappa shape index (κ1) is 59.8. The normalized spacial score (nSPS) is 58.7. The molecule has 7 saturated heterocycles. The molecule has 0 radical (unpaired) electrons. The van der Waals surface area contributed by atoms with Crippen LogP contribution in [0, 0.1) is 58.2 Å². The van der Waals surface area contributed by atoms with E-state index in [-0.39, 0.29) is 28.8 Å². The molecule has 11 rings (SSSR count). The predicted molar refractivity (Wildman–Crippen MR) is 266 cm³/mol. The molecule has 454 valence electrons. The summed E-state index contributed by atoms with van der Waals surface area (Å²) in [5.41, 5.74) is 0.126. The molecule has 35 atom stereocenters. The van der Waals surface area contributed by atoms with Gasteiger partial charge in [-0.15, -0.1) is 0 Å². The Bertz CT molecular complexity index is 2060. The molecular weight excluding hydrogens is 1040 g/mol. The minimum atomic E-state index is -1.92. The van der Waals surface area contributed by atoms with Gasteiger partial charge in [-0.2, -0.15) is 0 Å². The summed E-state index contributed by atoms with van der Waals surface area (Å²) in [5, 5.41) is 143. The third kappa shape index (κ3) is 10.3. The van der Waals surface area contributed by atoms with Crippen LogP contribution in [0.2, 0.25) is 0 Å². The van der Waals surface area contributed by atoms with Crippen molar-refractivity contribution in [2.75, 3.05) is 33.0 Å². The molecule has 11 aliphatic rings. The van der Waals surface area contributed by atoms with Crippen molar-refractivity contribution in [2.24, 2.45) is 58.2 Å². The molecule has 4 saturated carbocycles. The Morgan fingerprint density at radius 2 is 1.11 bits per heavy atom. The molecule has 0 unspecified atom stereocenters. The van der Waals surface area contributed by atoms with Crippen molar-refractivity contribution in [3.63, 3.8) is 0 Å². The number of fused-ring (bicyclic) bond motifs is 7. The van der Waals surface area contributed by atoms with Gasteiger partial charge in [-0.05, 0) is 117 Å². The summed E-state index contributed by atoms with van der Waals surface area (Å²) < 4.78 is 68.9. The molecule has 1 spiro atoms. The SMILES string of the molecule is C[C@H]1CC[C@@]2(OC1)O[C@H]1C[C@H]3[C@@H]4CC[C@H]5C[C@@H]([C@@H]6O[C@H](CO)[C@H](O[C@@H]7O[C@H](CO)[C@@H](O)[C@H](O[C@@H]8OC[C@@H](O)[C@H](O)[C@H]8O)[C@H]7O[C@@H]7OC[C@H](O)[C@H](O)[C@H]7O)[C@H](O)[C@H]6O[C@@H]6O[C@@H](C)[C@H](O)[C@@H](O)[C@H]6O)CC[C@]5(C)[C@H]4CC[C@]3(C)[C@H]1[C@@H]2C. The van der Waals surface area contributed by atoms with Crippen LogP contribution in [-0.2, 0) is 52.1 Å². The zero-order valence-electron chi connectivity index (χ0n) is 45.9. The van der Waals surface area contributed by atoms with Crippen molar-refractivity contribution < 1.29 is 118 Å². The number of hydrogen-bond donors (Lipinski definition) is 13. The Balaban J connectivity index is 0.855. The van der Waals surface area contributed by atoms with Gasteiger partial charge < -0.3 is 118 Å². The highest BCUT2D eigenvalue weighted by Crippen LogP contribution is 2.72. The van der Waals surface area contributed by atoms with E-state index in [1.807, 2.05) is 0 Å². The number of aliphatic hydroxyl groups excluding tert-OH is 13. The van der Waals surface area contributed by atoms with Gasteiger partial charge in [0.1, 0.15) is 104 Å². The van der Waals surface area contributed by atoms with E-state index < -0.39 is 173 Å². The fraction of sp³-hybridized carbons (Fsp3) is 1.00. The van der Waals surface area contributed by atoms with Crippen molar-refractivity contribution >= 4 is 0 Å². The Morgan fingerprint density at radius 3 is 1.76 bits per heavy atom. The van der Waals surface area contributed by atoms with Crippen molar-refractivity contribution in [3.05, 3.63) is 0 Å². The highest BCUT2D eigenvalue weighted by Gasteiger charge is 2.70. The number of hydrogen-bond acceptors (Lipinski definition) is 24. The molecule has 79 heavy (non-hydrogen) atoms. The van der Waals surface area contributed by atoms with Gasteiger partial charge in [-0.1, -0.05) is 27.7 Å². The van der Waals surface area contributed by atoms with E-state index in [2.05, 4.69) is 27.7 Å². The van der Waals surface area contributed by atoms with Crippen LogP contribution < -0.4 is 0 Å². The molecule has 24 nitrogen and oxygen atoms in total. The average Bonchev–Trinajstić information content (AvgIpc) is 3.06. The van der Waals surface area contributed by atoms with E-state index in [9.17, 15) is 66.4 Å². The molecule has 13 N–H and O–H groups in total. The molecular formula is C55H90O24. The quantitative estimate of drug-likeness (QED) is 0.102. The van der Waals surface area contributed by atoms with Crippen molar-refractivity contribution in [3.8, 4) is 0 Å². The minimum absolute atomic E-state index is 0.0150. The third-order valence-electron chi connectivity index (χ3n) is 22.0. The molecule has 7 heterocycles. The van der Waals surface area contributed by atoms with Crippen LogP contribution in [0.5, 0.6) is 0 Å². The van der Waals surface area contributed by atoms with Gasteiger partial charge >= 0.3 is 0 Å². The summed E-state index contributed by atoms with van der Waals surface area (Å²) in [6, 6.07) is 0. The molecule has 0 aromatic rings. The lowest BCUT2D eigenvalue weighted by Gasteiger charge is -2.62. The summed E-state index contributed by atoms with van der Waals surface area (Å²) in [6.07, 6.45) is -27.9. The van der Waals surface area contributed by atoms with Gasteiger partial charge in [0.15, 0.2) is 30.9 Å². The van der Waals surface area contributed by atoms with E-state index in [1.165, 1.54) is 6.92 Å². The number of rotatable bonds is 11. The highest BCUT2D eigenvalue weighted by molar-refractivity contribution is 5.16. The largest absolute Gasteiger partial charge is 0.394 e. The van der Waals surface area contributed by atoms with Crippen LogP contribution in [0.3, 0.4) is 0 Å². The predicted octanol–water partition coefficient (Wildman–Crippen LogP) is -2.51. The smallest absolute Gasteiger partial charge is 0.187 e. The maximum absolute atomic E-state index is 12.8. The van der Waals surface area contributed by atoms with E-state index >= 15 is 0 Å². The summed E-state index contributed by atoms with van der Waals surface area (Å²) in [4.78, 5) is 0. The number of ether oxygens (including phenoxy) is 11. The Labute approximate surface area is 460 Å². The zero-order chi connectivity index (χ0) is 56.4. The lowest BCUT2D eigenvalue weighted by molar-refractivity contribution is -0.399. The van der Waals surface area contributed by atoms with Gasteiger partial charge in [-0.3, -0.25) is 0 Å². The minimum Gasteiger partial charge on any atom is -0.394 e. The van der Waals surface area contributed by atoms with E-state index in [1.54, 1.807) is 0 Å². The molecule has 4 aliphatic carbocycles. The standard InChI is InChI=1S/C55H90O24/c1-21-8-13-55(71-18-21)22(2)34-31(79-55)15-28-26-7-6-25-14-24(9-11-53(25,4)27(26)10-12-54(28,34)5)44-47(77-51-42(67)39(64)35(60)23(3)72-51)43(68)45(33(17-57)73-44)75-52-48(78-50-41(66)37(62)30(59)20-70-50)46(38(63)32(16-56)74-52)76-49-40(65)36(61)29(58)19-69-49/h21-52,56-68H,6-20H2,1-5H3/t21-,22-,23-,24-,25-,26+,27-,28-,29+,30-,31-,32+,33+,34-,35-,36-,37-,38+,39+,40+,41+,42+,43-,44-,45-,46-,47+,48+,49-,50-,51-,52-,53-,54-,55+/m0/s1. The van der Waals surface area contributed by atoms with E-state index in [0.29, 0.717) is 48.3 Å². The van der Waals surface area contributed by atoms with Crippen LogP contribution >= 0.6 is 0 Å².